The molecule has 2 N–H and O–H groups in total. The van der Waals surface area contributed by atoms with Gasteiger partial charge in [-0.3, -0.25) is 14.7 Å². The smallest absolute Gasteiger partial charge is 0.308 e. The summed E-state index contributed by atoms with van der Waals surface area (Å²) in [4.78, 5) is 24.0. The van der Waals surface area contributed by atoms with Gasteiger partial charge in [-0.05, 0) is 30.5 Å². The number of hydrogen-bond donors (Lipinski definition) is 2. The molecule has 3 aromatic rings. The zero-order valence-electron chi connectivity index (χ0n) is 17.9. The lowest BCUT2D eigenvalue weighted by Crippen LogP contribution is -2.20. The van der Waals surface area contributed by atoms with E-state index in [1.165, 1.54) is 32.9 Å². The number of fused-ring (bicyclic) bond motifs is 3. The summed E-state index contributed by atoms with van der Waals surface area (Å²) in [5, 5.41) is 11.2. The maximum Gasteiger partial charge on any atom is 0.308 e. The van der Waals surface area contributed by atoms with E-state index >= 15 is 0 Å². The molecule has 9 heteroatoms. The molecule has 4 rings (SSSR count). The molecule has 0 bridgehead atoms. The van der Waals surface area contributed by atoms with Crippen LogP contribution in [-0.2, 0) is 17.6 Å². The Morgan fingerprint density at radius 3 is 2.53 bits per heavy atom. The number of methoxy groups -OCH3 is 2. The number of aromatic nitrogens is 2. The summed E-state index contributed by atoms with van der Waals surface area (Å²) in [6.45, 7) is 1.29. The molecule has 0 spiro atoms. The summed E-state index contributed by atoms with van der Waals surface area (Å²) in [6, 6.07) is 11.3. The Kier molecular flexibility index (Phi) is 5.89. The monoisotopic (exact) mass is 434 g/mol. The Hall–Kier alpha value is -4.14. The third-order valence-corrected chi connectivity index (χ3v) is 5.12. The van der Waals surface area contributed by atoms with Crippen molar-refractivity contribution in [2.24, 2.45) is 5.10 Å². The van der Waals surface area contributed by atoms with Gasteiger partial charge in [-0.25, -0.2) is 5.43 Å². The molecule has 0 radical (unpaired) electrons. The number of hydrazone groups is 1. The van der Waals surface area contributed by atoms with E-state index < -0.39 is 5.97 Å². The zero-order valence-corrected chi connectivity index (χ0v) is 17.9. The van der Waals surface area contributed by atoms with Crippen LogP contribution in [0.5, 0.6) is 17.2 Å². The Labute approximate surface area is 184 Å². The van der Waals surface area contributed by atoms with Gasteiger partial charge >= 0.3 is 5.97 Å². The van der Waals surface area contributed by atoms with Crippen LogP contribution < -0.4 is 19.6 Å². The van der Waals surface area contributed by atoms with Gasteiger partial charge in [-0.1, -0.05) is 24.3 Å². The summed E-state index contributed by atoms with van der Waals surface area (Å²) in [5.74, 6) is -0.110. The van der Waals surface area contributed by atoms with Crippen LogP contribution in [0.25, 0.3) is 11.3 Å². The summed E-state index contributed by atoms with van der Waals surface area (Å²) < 4.78 is 15.7. The molecular weight excluding hydrogens is 412 g/mol. The highest BCUT2D eigenvalue weighted by Gasteiger charge is 2.24. The number of H-pyrrole nitrogens is 1. The van der Waals surface area contributed by atoms with Gasteiger partial charge in [-0.2, -0.15) is 10.2 Å². The first-order valence-corrected chi connectivity index (χ1v) is 9.95. The number of aromatic amines is 1. The minimum Gasteiger partial charge on any atom is -0.493 e. The van der Waals surface area contributed by atoms with Gasteiger partial charge in [0.2, 0.25) is 5.75 Å². The van der Waals surface area contributed by atoms with Crippen molar-refractivity contribution >= 4 is 18.1 Å². The summed E-state index contributed by atoms with van der Waals surface area (Å²) in [7, 11) is 2.90. The summed E-state index contributed by atoms with van der Waals surface area (Å²) in [6.07, 6.45) is 3.01. The van der Waals surface area contributed by atoms with Gasteiger partial charge in [0, 0.05) is 23.6 Å². The first-order valence-electron chi connectivity index (χ1n) is 9.95. The fourth-order valence-electron chi connectivity index (χ4n) is 3.69. The van der Waals surface area contributed by atoms with Crippen LogP contribution in [0.2, 0.25) is 0 Å². The second-order valence-electron chi connectivity index (χ2n) is 7.13. The number of carbonyl (C=O) groups is 2. The number of nitrogens with zero attached hydrogens (tertiary/aromatic N) is 2. The van der Waals surface area contributed by atoms with Gasteiger partial charge in [0.1, 0.15) is 5.69 Å². The molecule has 0 unspecified atom stereocenters. The zero-order chi connectivity index (χ0) is 22.7. The maximum absolute atomic E-state index is 12.7. The van der Waals surface area contributed by atoms with Crippen molar-refractivity contribution in [3.05, 3.63) is 58.8 Å². The second-order valence-corrected chi connectivity index (χ2v) is 7.13. The molecule has 1 aliphatic rings. The molecule has 1 aromatic heterocycles. The Morgan fingerprint density at radius 2 is 1.84 bits per heavy atom. The first-order chi connectivity index (χ1) is 15.5. The van der Waals surface area contributed by atoms with Crippen LogP contribution in [0.1, 0.15) is 34.1 Å². The van der Waals surface area contributed by atoms with E-state index in [9.17, 15) is 9.59 Å². The van der Waals surface area contributed by atoms with E-state index in [2.05, 4.69) is 26.8 Å². The van der Waals surface area contributed by atoms with Gasteiger partial charge in [-0.15, -0.1) is 0 Å². The fourth-order valence-corrected chi connectivity index (χ4v) is 3.69. The van der Waals surface area contributed by atoms with E-state index in [0.717, 1.165) is 29.7 Å². The average Bonchev–Trinajstić information content (AvgIpc) is 3.24. The third kappa shape index (κ3) is 4.04. The predicted octanol–water partition coefficient (Wildman–Crippen LogP) is 2.88. The van der Waals surface area contributed by atoms with Crippen molar-refractivity contribution in [3.8, 4) is 28.5 Å². The van der Waals surface area contributed by atoms with Gasteiger partial charge < -0.3 is 14.2 Å². The number of rotatable bonds is 6. The topological polar surface area (TPSA) is 115 Å². The van der Waals surface area contributed by atoms with E-state index in [-0.39, 0.29) is 11.7 Å². The predicted molar refractivity (Wildman–Crippen MR) is 117 cm³/mol. The number of aryl methyl sites for hydroxylation is 1. The third-order valence-electron chi connectivity index (χ3n) is 5.12. The van der Waals surface area contributed by atoms with Crippen molar-refractivity contribution in [2.75, 3.05) is 14.2 Å². The van der Waals surface area contributed by atoms with E-state index in [4.69, 9.17) is 14.2 Å². The molecule has 1 amide bonds. The fraction of sp³-hybridized carbons (Fsp3) is 0.217. The molecule has 0 aliphatic heterocycles. The summed E-state index contributed by atoms with van der Waals surface area (Å²) in [5.41, 5.74) is 7.44. The van der Waals surface area contributed by atoms with Crippen LogP contribution in [0, 0.1) is 0 Å². The van der Waals surface area contributed by atoms with Crippen LogP contribution in [0.4, 0.5) is 0 Å². The molecule has 0 atom stereocenters. The number of carbonyl (C=O) groups excluding carboxylic acids is 2. The van der Waals surface area contributed by atoms with E-state index in [0.29, 0.717) is 22.8 Å². The number of ether oxygens (including phenoxy) is 3. The SMILES string of the molecule is COc1cc(/C=N\NC(=O)c2[nH]nc3c2CCc2ccccc2-3)cc(OC)c1OC(C)=O. The normalized spacial score (nSPS) is 12.1. The number of esters is 1. The lowest BCUT2D eigenvalue weighted by atomic mass is 9.89. The minimum atomic E-state index is -0.499. The van der Waals surface area contributed by atoms with Gasteiger partial charge in [0.15, 0.2) is 11.5 Å². The molecule has 0 saturated carbocycles. The maximum atomic E-state index is 12.7. The number of hydrogen-bond acceptors (Lipinski definition) is 7. The average molecular weight is 434 g/mol. The Bertz CT molecular complexity index is 1190. The molecule has 0 saturated heterocycles. The second kappa shape index (κ2) is 8.93. The number of benzene rings is 2. The number of amides is 1. The minimum absolute atomic E-state index is 0.174. The van der Waals surface area contributed by atoms with E-state index in [1.807, 2.05) is 18.2 Å². The molecular formula is C23H22N4O5. The largest absolute Gasteiger partial charge is 0.493 e. The standard InChI is InChI=1S/C23H22N4O5/c1-13(28)32-22-18(30-2)10-14(11-19(22)31-3)12-24-27-23(29)21-17-9-8-15-6-4-5-7-16(15)20(17)25-26-21/h4-7,10-12H,8-9H2,1-3H3,(H,25,26)(H,27,29)/b24-12-. The quantitative estimate of drug-likeness (QED) is 0.267. The molecule has 32 heavy (non-hydrogen) atoms. The Balaban J connectivity index is 1.53. The van der Waals surface area contributed by atoms with Crippen molar-refractivity contribution in [2.45, 2.75) is 19.8 Å². The lowest BCUT2D eigenvalue weighted by molar-refractivity contribution is -0.132. The van der Waals surface area contributed by atoms with Crippen LogP contribution in [0.3, 0.4) is 0 Å². The highest BCUT2D eigenvalue weighted by atomic mass is 16.6. The first kappa shape index (κ1) is 21.1. The molecule has 2 aromatic carbocycles. The number of nitrogens with one attached hydrogen (secondary N) is 2. The lowest BCUT2D eigenvalue weighted by Gasteiger charge is -2.15. The molecule has 1 heterocycles. The van der Waals surface area contributed by atoms with Crippen LogP contribution in [-0.4, -0.2) is 42.5 Å². The summed E-state index contributed by atoms with van der Waals surface area (Å²) >= 11 is 0. The molecule has 164 valence electrons. The highest BCUT2D eigenvalue weighted by Crippen LogP contribution is 2.38. The van der Waals surface area contributed by atoms with E-state index in [1.54, 1.807) is 12.1 Å². The molecule has 1 aliphatic carbocycles. The van der Waals surface area contributed by atoms with Crippen molar-refractivity contribution in [1.29, 1.82) is 0 Å². The van der Waals surface area contributed by atoms with Crippen molar-refractivity contribution < 1.29 is 23.8 Å². The highest BCUT2D eigenvalue weighted by molar-refractivity contribution is 5.96. The van der Waals surface area contributed by atoms with Gasteiger partial charge in [0.25, 0.3) is 5.91 Å². The molecule has 9 nitrogen and oxygen atoms in total. The Morgan fingerprint density at radius 1 is 1.12 bits per heavy atom. The van der Waals surface area contributed by atoms with Crippen molar-refractivity contribution in [1.82, 2.24) is 15.6 Å². The molecule has 0 fully saturated rings. The van der Waals surface area contributed by atoms with Crippen molar-refractivity contribution in [3.63, 3.8) is 0 Å². The van der Waals surface area contributed by atoms with Gasteiger partial charge in [0.05, 0.1) is 26.1 Å². The van der Waals surface area contributed by atoms with Crippen LogP contribution in [0.15, 0.2) is 41.5 Å². The van der Waals surface area contributed by atoms with Crippen LogP contribution >= 0.6 is 0 Å².